The van der Waals surface area contributed by atoms with E-state index in [1.54, 1.807) is 12.1 Å². The van der Waals surface area contributed by atoms with Crippen LogP contribution < -0.4 is 5.32 Å². The summed E-state index contributed by atoms with van der Waals surface area (Å²) in [6.45, 7) is 3.38. The number of aliphatic hydroxyl groups is 1. The Morgan fingerprint density at radius 3 is 2.38 bits per heavy atom. The lowest BCUT2D eigenvalue weighted by Crippen LogP contribution is -2.47. The van der Waals surface area contributed by atoms with Crippen LogP contribution in [0.2, 0.25) is 0 Å². The van der Waals surface area contributed by atoms with Crippen molar-refractivity contribution in [3.05, 3.63) is 35.4 Å². The van der Waals surface area contributed by atoms with Gasteiger partial charge in [-0.3, -0.25) is 4.79 Å². The van der Waals surface area contributed by atoms with Gasteiger partial charge in [-0.15, -0.1) is 0 Å². The fourth-order valence-electron chi connectivity index (χ4n) is 2.04. The van der Waals surface area contributed by atoms with Gasteiger partial charge in [-0.25, -0.2) is 0 Å². The van der Waals surface area contributed by atoms with Crippen LogP contribution in [0.15, 0.2) is 24.3 Å². The smallest absolute Gasteiger partial charge is 0.194 e. The number of rotatable bonds is 2. The molecule has 1 aromatic carbocycles. The Balaban J connectivity index is 2.20. The summed E-state index contributed by atoms with van der Waals surface area (Å²) in [6, 6.07) is 7.38. The zero-order valence-electron chi connectivity index (χ0n) is 9.49. The first-order valence-electron chi connectivity index (χ1n) is 5.66. The molecule has 16 heavy (non-hydrogen) atoms. The molecule has 1 heterocycles. The fourth-order valence-corrected chi connectivity index (χ4v) is 2.04. The van der Waals surface area contributed by atoms with Crippen LogP contribution in [0.1, 0.15) is 28.8 Å². The second kappa shape index (κ2) is 4.36. The van der Waals surface area contributed by atoms with Crippen molar-refractivity contribution in [1.82, 2.24) is 5.32 Å². The number of piperidine rings is 1. The van der Waals surface area contributed by atoms with Crippen molar-refractivity contribution < 1.29 is 9.90 Å². The van der Waals surface area contributed by atoms with Gasteiger partial charge in [-0.2, -0.15) is 0 Å². The highest BCUT2D eigenvalue weighted by molar-refractivity contribution is 6.02. The van der Waals surface area contributed by atoms with Gasteiger partial charge in [0.05, 0.1) is 0 Å². The molecule has 1 saturated heterocycles. The van der Waals surface area contributed by atoms with Gasteiger partial charge in [0.2, 0.25) is 0 Å². The molecule has 0 spiro atoms. The Hall–Kier alpha value is -1.19. The number of carbonyl (C=O) groups excluding carboxylic acids is 1. The molecular weight excluding hydrogens is 202 g/mol. The number of hydrogen-bond acceptors (Lipinski definition) is 3. The first-order valence-corrected chi connectivity index (χ1v) is 5.66. The predicted octanol–water partition coefficient (Wildman–Crippen LogP) is 1.29. The fraction of sp³-hybridized carbons (Fsp3) is 0.462. The van der Waals surface area contributed by atoms with Crippen LogP contribution in [-0.2, 0) is 0 Å². The lowest BCUT2D eigenvalue weighted by atomic mass is 9.84. The summed E-state index contributed by atoms with van der Waals surface area (Å²) in [5.74, 6) is -0.144. The summed E-state index contributed by atoms with van der Waals surface area (Å²) in [5, 5.41) is 13.4. The molecule has 0 amide bonds. The van der Waals surface area contributed by atoms with E-state index in [4.69, 9.17) is 0 Å². The molecular formula is C13H17NO2. The monoisotopic (exact) mass is 219 g/mol. The summed E-state index contributed by atoms with van der Waals surface area (Å²) < 4.78 is 0. The highest BCUT2D eigenvalue weighted by Gasteiger charge is 2.37. The van der Waals surface area contributed by atoms with Crippen LogP contribution in [0.3, 0.4) is 0 Å². The third kappa shape index (κ3) is 2.15. The van der Waals surface area contributed by atoms with Crippen molar-refractivity contribution in [1.29, 1.82) is 0 Å². The quantitative estimate of drug-likeness (QED) is 0.737. The van der Waals surface area contributed by atoms with Crippen LogP contribution in [0.5, 0.6) is 0 Å². The Labute approximate surface area is 95.5 Å². The van der Waals surface area contributed by atoms with Crippen LogP contribution >= 0.6 is 0 Å². The Morgan fingerprint density at radius 2 is 1.81 bits per heavy atom. The third-order valence-electron chi connectivity index (χ3n) is 3.17. The van der Waals surface area contributed by atoms with Gasteiger partial charge in [0.15, 0.2) is 5.78 Å². The minimum absolute atomic E-state index is 0.144. The van der Waals surface area contributed by atoms with E-state index >= 15 is 0 Å². The maximum atomic E-state index is 12.2. The number of carbonyl (C=O) groups is 1. The van der Waals surface area contributed by atoms with Crippen molar-refractivity contribution in [3.8, 4) is 0 Å². The first kappa shape index (κ1) is 11.3. The number of aryl methyl sites for hydroxylation is 1. The van der Waals surface area contributed by atoms with E-state index in [1.807, 2.05) is 19.1 Å². The van der Waals surface area contributed by atoms with Gasteiger partial charge in [0.1, 0.15) is 5.60 Å². The van der Waals surface area contributed by atoms with E-state index in [1.165, 1.54) is 0 Å². The van der Waals surface area contributed by atoms with E-state index in [2.05, 4.69) is 5.32 Å². The molecule has 0 saturated carbocycles. The zero-order valence-corrected chi connectivity index (χ0v) is 9.49. The molecule has 0 aliphatic carbocycles. The van der Waals surface area contributed by atoms with Crippen LogP contribution in [0, 0.1) is 6.92 Å². The average molecular weight is 219 g/mol. The lowest BCUT2D eigenvalue weighted by molar-refractivity contribution is 0.0155. The average Bonchev–Trinajstić information content (AvgIpc) is 2.30. The molecule has 1 aromatic rings. The minimum atomic E-state index is -1.17. The van der Waals surface area contributed by atoms with Crippen molar-refractivity contribution in [2.45, 2.75) is 25.4 Å². The van der Waals surface area contributed by atoms with E-state index in [9.17, 15) is 9.90 Å². The summed E-state index contributed by atoms with van der Waals surface area (Å²) in [5.41, 5.74) is 0.560. The number of hydrogen-bond donors (Lipinski definition) is 2. The molecule has 0 bridgehead atoms. The van der Waals surface area contributed by atoms with Gasteiger partial charge < -0.3 is 10.4 Å². The second-order valence-corrected chi connectivity index (χ2v) is 4.48. The molecule has 0 radical (unpaired) electrons. The van der Waals surface area contributed by atoms with Gasteiger partial charge in [-0.1, -0.05) is 29.8 Å². The van der Waals surface area contributed by atoms with Gasteiger partial charge in [-0.05, 0) is 32.9 Å². The minimum Gasteiger partial charge on any atom is -0.382 e. The Kier molecular flexibility index (Phi) is 3.08. The molecule has 1 aliphatic rings. The number of nitrogens with one attached hydrogen (secondary N) is 1. The lowest BCUT2D eigenvalue weighted by Gasteiger charge is -2.31. The van der Waals surface area contributed by atoms with Gasteiger partial charge in [0, 0.05) is 5.56 Å². The second-order valence-electron chi connectivity index (χ2n) is 4.48. The maximum Gasteiger partial charge on any atom is 0.194 e. The third-order valence-corrected chi connectivity index (χ3v) is 3.17. The summed E-state index contributed by atoms with van der Waals surface area (Å²) in [6.07, 6.45) is 0.999. The molecule has 3 heteroatoms. The van der Waals surface area contributed by atoms with Crippen molar-refractivity contribution in [2.75, 3.05) is 13.1 Å². The maximum absolute atomic E-state index is 12.2. The molecule has 0 atom stereocenters. The predicted molar refractivity (Wildman–Crippen MR) is 62.6 cm³/mol. The molecule has 2 N–H and O–H groups in total. The van der Waals surface area contributed by atoms with Crippen molar-refractivity contribution in [3.63, 3.8) is 0 Å². The summed E-state index contributed by atoms with van der Waals surface area (Å²) in [4.78, 5) is 12.2. The molecule has 86 valence electrons. The molecule has 3 nitrogen and oxygen atoms in total. The molecule has 1 fully saturated rings. The highest BCUT2D eigenvalue weighted by atomic mass is 16.3. The number of Topliss-reactive ketones (excluding diaryl/α,β-unsaturated/α-hetero) is 1. The number of ketones is 1. The van der Waals surface area contributed by atoms with Crippen LogP contribution in [0.25, 0.3) is 0 Å². The summed E-state index contributed by atoms with van der Waals surface area (Å²) >= 11 is 0. The first-order chi connectivity index (χ1) is 7.62. The zero-order chi connectivity index (χ0) is 11.6. The van der Waals surface area contributed by atoms with E-state index < -0.39 is 5.60 Å². The van der Waals surface area contributed by atoms with Crippen LogP contribution in [0.4, 0.5) is 0 Å². The van der Waals surface area contributed by atoms with Gasteiger partial charge >= 0.3 is 0 Å². The molecule has 1 aliphatic heterocycles. The standard InChI is InChI=1S/C13H17NO2/c1-10-2-4-11(5-3-10)12(15)13(16)6-8-14-9-7-13/h2-5,14,16H,6-9H2,1H3. The largest absolute Gasteiger partial charge is 0.382 e. The van der Waals surface area contributed by atoms with E-state index in [0.29, 0.717) is 31.5 Å². The number of benzene rings is 1. The van der Waals surface area contributed by atoms with Crippen molar-refractivity contribution >= 4 is 5.78 Å². The van der Waals surface area contributed by atoms with E-state index in [-0.39, 0.29) is 5.78 Å². The van der Waals surface area contributed by atoms with Crippen molar-refractivity contribution in [2.24, 2.45) is 0 Å². The van der Waals surface area contributed by atoms with E-state index in [0.717, 1.165) is 5.56 Å². The SMILES string of the molecule is Cc1ccc(C(=O)C2(O)CCNCC2)cc1. The van der Waals surface area contributed by atoms with Gasteiger partial charge in [0.25, 0.3) is 0 Å². The molecule has 2 rings (SSSR count). The Bertz CT molecular complexity index is 377. The Morgan fingerprint density at radius 1 is 1.25 bits per heavy atom. The molecule has 0 aromatic heterocycles. The molecule has 0 unspecified atom stereocenters. The normalized spacial score (nSPS) is 19.4. The van der Waals surface area contributed by atoms with Crippen LogP contribution in [-0.4, -0.2) is 29.6 Å². The topological polar surface area (TPSA) is 49.3 Å². The summed E-state index contributed by atoms with van der Waals surface area (Å²) in [7, 11) is 0. The highest BCUT2D eigenvalue weighted by Crippen LogP contribution is 2.23.